The molecule has 0 spiro atoms. The lowest BCUT2D eigenvalue weighted by atomic mass is 10.4. The Labute approximate surface area is 95.2 Å². The Balaban J connectivity index is 3.33. The fourth-order valence-electron chi connectivity index (χ4n) is 1.46. The summed E-state index contributed by atoms with van der Waals surface area (Å²) in [5.74, 6) is 0. The van der Waals surface area contributed by atoms with Gasteiger partial charge < -0.3 is 15.0 Å². The summed E-state index contributed by atoms with van der Waals surface area (Å²) in [4.78, 5) is 2.38. The highest BCUT2D eigenvalue weighted by Crippen LogP contribution is 1.92. The highest BCUT2D eigenvalue weighted by atomic mass is 16.5. The highest BCUT2D eigenvalue weighted by Gasteiger charge is 2.03. The van der Waals surface area contributed by atoms with Crippen LogP contribution in [-0.2, 0) is 4.74 Å². The molecule has 0 aromatic rings. The Kier molecular flexibility index (Phi) is 10.3. The van der Waals surface area contributed by atoms with Crippen LogP contribution in [0.3, 0.4) is 0 Å². The number of rotatable bonds is 10. The third-order valence-electron chi connectivity index (χ3n) is 2.56. The van der Waals surface area contributed by atoms with E-state index in [2.05, 4.69) is 37.9 Å². The lowest BCUT2D eigenvalue weighted by Crippen LogP contribution is -2.32. The van der Waals surface area contributed by atoms with Crippen molar-refractivity contribution in [2.75, 3.05) is 39.3 Å². The first kappa shape index (κ1) is 14.9. The molecule has 0 amide bonds. The molecule has 0 rings (SSSR count). The smallest absolute Gasteiger partial charge is 0.0672 e. The van der Waals surface area contributed by atoms with Crippen LogP contribution in [0.2, 0.25) is 0 Å². The van der Waals surface area contributed by atoms with Crippen LogP contribution in [0.15, 0.2) is 0 Å². The van der Waals surface area contributed by atoms with Crippen molar-refractivity contribution in [3.8, 4) is 0 Å². The van der Waals surface area contributed by atoms with Gasteiger partial charge in [0.05, 0.1) is 12.7 Å². The number of likely N-dealkylation sites (N-methyl/N-ethyl adjacent to an activating group) is 1. The molecule has 0 aromatic carbocycles. The summed E-state index contributed by atoms with van der Waals surface area (Å²) >= 11 is 0. The van der Waals surface area contributed by atoms with Crippen molar-refractivity contribution in [1.29, 1.82) is 0 Å². The Morgan fingerprint density at radius 2 is 1.87 bits per heavy atom. The number of hydrogen-bond acceptors (Lipinski definition) is 3. The van der Waals surface area contributed by atoms with Crippen molar-refractivity contribution in [2.24, 2.45) is 0 Å². The maximum Gasteiger partial charge on any atom is 0.0672 e. The molecule has 0 heterocycles. The second-order valence-electron chi connectivity index (χ2n) is 3.91. The Hall–Kier alpha value is -0.120. The van der Waals surface area contributed by atoms with Crippen LogP contribution in [0, 0.1) is 0 Å². The lowest BCUT2D eigenvalue weighted by molar-refractivity contribution is 0.0503. The van der Waals surface area contributed by atoms with E-state index in [0.29, 0.717) is 6.10 Å². The van der Waals surface area contributed by atoms with Crippen LogP contribution in [0.4, 0.5) is 0 Å². The lowest BCUT2D eigenvalue weighted by Gasteiger charge is -2.20. The molecule has 0 bridgehead atoms. The highest BCUT2D eigenvalue weighted by molar-refractivity contribution is 4.56. The molecule has 3 heteroatoms. The summed E-state index contributed by atoms with van der Waals surface area (Å²) < 4.78 is 5.72. The first-order chi connectivity index (χ1) is 7.24. The van der Waals surface area contributed by atoms with E-state index in [1.165, 1.54) is 6.42 Å². The van der Waals surface area contributed by atoms with Gasteiger partial charge in [-0.25, -0.2) is 0 Å². The minimum atomic E-state index is 0.326. The molecule has 0 aliphatic rings. The molecule has 1 atom stereocenters. The first-order valence-electron chi connectivity index (χ1n) is 6.29. The first-order valence-corrected chi connectivity index (χ1v) is 6.29. The molecule has 15 heavy (non-hydrogen) atoms. The summed E-state index contributed by atoms with van der Waals surface area (Å²) in [6, 6.07) is 0. The van der Waals surface area contributed by atoms with Gasteiger partial charge in [-0.2, -0.15) is 0 Å². The van der Waals surface area contributed by atoms with Crippen LogP contribution in [0.5, 0.6) is 0 Å². The third-order valence-corrected chi connectivity index (χ3v) is 2.56. The topological polar surface area (TPSA) is 24.5 Å². The molecule has 3 nitrogen and oxygen atoms in total. The van der Waals surface area contributed by atoms with E-state index >= 15 is 0 Å². The summed E-state index contributed by atoms with van der Waals surface area (Å²) in [5.41, 5.74) is 0. The summed E-state index contributed by atoms with van der Waals surface area (Å²) in [6.07, 6.45) is 1.51. The van der Waals surface area contributed by atoms with E-state index in [-0.39, 0.29) is 0 Å². The van der Waals surface area contributed by atoms with Gasteiger partial charge in [0, 0.05) is 13.1 Å². The van der Waals surface area contributed by atoms with Gasteiger partial charge in [0.1, 0.15) is 0 Å². The summed E-state index contributed by atoms with van der Waals surface area (Å²) in [5, 5.41) is 3.36. The molecule has 92 valence electrons. The summed E-state index contributed by atoms with van der Waals surface area (Å²) in [6.45, 7) is 14.9. The van der Waals surface area contributed by atoms with Crippen molar-refractivity contribution < 1.29 is 4.74 Å². The van der Waals surface area contributed by atoms with E-state index < -0.39 is 0 Å². The molecule has 0 fully saturated rings. The number of nitrogens with zero attached hydrogens (tertiary/aromatic N) is 1. The predicted octanol–water partition coefficient (Wildman–Crippen LogP) is 1.73. The number of hydrogen-bond donors (Lipinski definition) is 1. The monoisotopic (exact) mass is 216 g/mol. The second-order valence-corrected chi connectivity index (χ2v) is 3.91. The quantitative estimate of drug-likeness (QED) is 0.563. The Morgan fingerprint density at radius 3 is 2.40 bits per heavy atom. The zero-order valence-corrected chi connectivity index (χ0v) is 10.9. The predicted molar refractivity (Wildman–Crippen MR) is 66.4 cm³/mol. The molecular weight excluding hydrogens is 188 g/mol. The molecule has 0 radical (unpaired) electrons. The van der Waals surface area contributed by atoms with Crippen LogP contribution in [0.1, 0.15) is 34.1 Å². The van der Waals surface area contributed by atoms with Gasteiger partial charge in [0.15, 0.2) is 0 Å². The molecule has 1 N–H and O–H groups in total. The largest absolute Gasteiger partial charge is 0.376 e. The van der Waals surface area contributed by atoms with Crippen LogP contribution >= 0.6 is 0 Å². The molecule has 0 saturated heterocycles. The van der Waals surface area contributed by atoms with Crippen molar-refractivity contribution in [1.82, 2.24) is 10.2 Å². The molecule has 1 unspecified atom stereocenters. The molecule has 0 aliphatic carbocycles. The van der Waals surface area contributed by atoms with E-state index in [1.54, 1.807) is 0 Å². The standard InChI is InChI=1S/C12H28N2O/c1-5-8-13-11-12(4)15-10-9-14(6-2)7-3/h12-13H,5-11H2,1-4H3. The second kappa shape index (κ2) is 10.4. The zero-order chi connectivity index (χ0) is 11.5. The van der Waals surface area contributed by atoms with Crippen molar-refractivity contribution >= 4 is 0 Å². The molecule has 0 saturated carbocycles. The van der Waals surface area contributed by atoms with Crippen LogP contribution < -0.4 is 5.32 Å². The van der Waals surface area contributed by atoms with E-state index in [1.807, 2.05) is 0 Å². The van der Waals surface area contributed by atoms with E-state index in [0.717, 1.165) is 39.3 Å². The van der Waals surface area contributed by atoms with Gasteiger partial charge in [-0.1, -0.05) is 20.8 Å². The average Bonchev–Trinajstić information content (AvgIpc) is 2.25. The molecule has 0 aromatic heterocycles. The van der Waals surface area contributed by atoms with Gasteiger partial charge in [-0.05, 0) is 33.0 Å². The SMILES string of the molecule is CCCNCC(C)OCCN(CC)CC. The van der Waals surface area contributed by atoms with Crippen LogP contribution in [0.25, 0.3) is 0 Å². The van der Waals surface area contributed by atoms with E-state index in [4.69, 9.17) is 4.74 Å². The fourth-order valence-corrected chi connectivity index (χ4v) is 1.46. The van der Waals surface area contributed by atoms with E-state index in [9.17, 15) is 0 Å². The summed E-state index contributed by atoms with van der Waals surface area (Å²) in [7, 11) is 0. The van der Waals surface area contributed by atoms with Gasteiger partial charge in [-0.3, -0.25) is 0 Å². The van der Waals surface area contributed by atoms with Crippen molar-refractivity contribution in [3.63, 3.8) is 0 Å². The maximum atomic E-state index is 5.72. The molecular formula is C12H28N2O. The fraction of sp³-hybridized carbons (Fsp3) is 1.00. The minimum absolute atomic E-state index is 0.326. The minimum Gasteiger partial charge on any atom is -0.376 e. The Morgan fingerprint density at radius 1 is 1.20 bits per heavy atom. The van der Waals surface area contributed by atoms with Gasteiger partial charge in [-0.15, -0.1) is 0 Å². The van der Waals surface area contributed by atoms with Crippen LogP contribution in [-0.4, -0.2) is 50.3 Å². The average molecular weight is 216 g/mol. The maximum absolute atomic E-state index is 5.72. The molecule has 0 aliphatic heterocycles. The van der Waals surface area contributed by atoms with Crippen molar-refractivity contribution in [2.45, 2.75) is 40.2 Å². The normalized spacial score (nSPS) is 13.4. The number of nitrogens with one attached hydrogen (secondary N) is 1. The Bertz CT molecular complexity index is 127. The zero-order valence-electron chi connectivity index (χ0n) is 10.9. The third kappa shape index (κ3) is 8.85. The van der Waals surface area contributed by atoms with Crippen molar-refractivity contribution in [3.05, 3.63) is 0 Å². The van der Waals surface area contributed by atoms with Gasteiger partial charge in [0.25, 0.3) is 0 Å². The van der Waals surface area contributed by atoms with Gasteiger partial charge >= 0.3 is 0 Å². The van der Waals surface area contributed by atoms with Gasteiger partial charge in [0.2, 0.25) is 0 Å². The number of ether oxygens (including phenoxy) is 1.